The molecule has 0 spiro atoms. The van der Waals surface area contributed by atoms with E-state index in [1.54, 1.807) is 0 Å². The molecule has 0 aromatic heterocycles. The summed E-state index contributed by atoms with van der Waals surface area (Å²) in [6.07, 6.45) is -4.75. The van der Waals surface area contributed by atoms with Gasteiger partial charge in [-0.25, -0.2) is 0 Å². The lowest BCUT2D eigenvalue weighted by Gasteiger charge is -2.16. The first-order chi connectivity index (χ1) is 10.8. The molecule has 0 aliphatic rings. The van der Waals surface area contributed by atoms with Crippen LogP contribution in [0.1, 0.15) is 34.5 Å². The zero-order valence-corrected chi connectivity index (χ0v) is 12.6. The van der Waals surface area contributed by atoms with Crippen molar-refractivity contribution >= 4 is 5.91 Å². The molecule has 122 valence electrons. The highest BCUT2D eigenvalue weighted by Crippen LogP contribution is 2.23. The third kappa shape index (κ3) is 4.74. The first kappa shape index (κ1) is 16.9. The lowest BCUT2D eigenvalue weighted by molar-refractivity contribution is -0.274. The normalized spacial score (nSPS) is 12.6. The Morgan fingerprint density at radius 1 is 1.09 bits per heavy atom. The molecule has 0 bridgehead atoms. The number of alkyl halides is 3. The molecule has 2 aromatic rings. The van der Waals surface area contributed by atoms with Crippen LogP contribution in [0.4, 0.5) is 13.2 Å². The maximum absolute atomic E-state index is 12.2. The molecule has 23 heavy (non-hydrogen) atoms. The van der Waals surface area contributed by atoms with Gasteiger partial charge >= 0.3 is 6.36 Å². The lowest BCUT2D eigenvalue weighted by atomic mass is 10.0. The van der Waals surface area contributed by atoms with Crippen LogP contribution in [0.25, 0.3) is 0 Å². The predicted octanol–water partition coefficient (Wildman–Crippen LogP) is 4.38. The molecule has 0 aliphatic heterocycles. The smallest absolute Gasteiger partial charge is 0.406 e. The van der Waals surface area contributed by atoms with E-state index in [4.69, 9.17) is 0 Å². The van der Waals surface area contributed by atoms with Crippen LogP contribution in [0, 0.1) is 6.92 Å². The molecule has 1 atom stereocenters. The van der Waals surface area contributed by atoms with Gasteiger partial charge in [-0.1, -0.05) is 24.3 Å². The van der Waals surface area contributed by atoms with Crippen molar-refractivity contribution in [3.8, 4) is 5.75 Å². The van der Waals surface area contributed by atoms with E-state index in [2.05, 4.69) is 10.1 Å². The van der Waals surface area contributed by atoms with E-state index in [0.29, 0.717) is 0 Å². The summed E-state index contributed by atoms with van der Waals surface area (Å²) in [5.41, 5.74) is 2.30. The number of halogens is 3. The second-order valence-electron chi connectivity index (χ2n) is 5.12. The number of carbonyl (C=O) groups is 1. The molecule has 0 saturated heterocycles. The van der Waals surface area contributed by atoms with Gasteiger partial charge < -0.3 is 10.1 Å². The Morgan fingerprint density at radius 3 is 2.26 bits per heavy atom. The summed E-state index contributed by atoms with van der Waals surface area (Å²) in [6.45, 7) is 3.79. The fourth-order valence-electron chi connectivity index (χ4n) is 2.24. The first-order valence-electron chi connectivity index (χ1n) is 6.98. The summed E-state index contributed by atoms with van der Waals surface area (Å²) in [5, 5.41) is 2.82. The summed E-state index contributed by atoms with van der Waals surface area (Å²) in [4.78, 5) is 12.2. The van der Waals surface area contributed by atoms with Crippen molar-refractivity contribution in [2.75, 3.05) is 0 Å². The number of benzene rings is 2. The van der Waals surface area contributed by atoms with Crippen molar-refractivity contribution in [2.24, 2.45) is 0 Å². The van der Waals surface area contributed by atoms with Gasteiger partial charge in [0.25, 0.3) is 5.91 Å². The number of amides is 1. The largest absolute Gasteiger partial charge is 0.573 e. The summed E-state index contributed by atoms with van der Waals surface area (Å²) >= 11 is 0. The van der Waals surface area contributed by atoms with Crippen LogP contribution in [0.2, 0.25) is 0 Å². The molecular formula is C17H16F3NO2. The molecule has 0 radical (unpaired) electrons. The number of nitrogens with one attached hydrogen (secondary N) is 1. The van der Waals surface area contributed by atoms with Gasteiger partial charge in [0.05, 0.1) is 6.04 Å². The highest BCUT2D eigenvalue weighted by Gasteiger charge is 2.31. The van der Waals surface area contributed by atoms with Gasteiger partial charge in [-0.05, 0) is 49.2 Å². The molecule has 3 nitrogen and oxygen atoms in total. The second-order valence-corrected chi connectivity index (χ2v) is 5.12. The Kier molecular flexibility index (Phi) is 4.93. The minimum atomic E-state index is -4.75. The van der Waals surface area contributed by atoms with E-state index >= 15 is 0 Å². The maximum atomic E-state index is 12.2. The number of hydrogen-bond acceptors (Lipinski definition) is 2. The zero-order valence-electron chi connectivity index (χ0n) is 12.6. The Bertz CT molecular complexity index is 681. The number of aryl methyl sites for hydroxylation is 1. The highest BCUT2D eigenvalue weighted by atomic mass is 19.4. The molecule has 2 rings (SSSR count). The molecule has 0 saturated carbocycles. The van der Waals surface area contributed by atoms with Crippen molar-refractivity contribution < 1.29 is 22.7 Å². The topological polar surface area (TPSA) is 38.3 Å². The molecule has 2 aromatic carbocycles. The first-order valence-corrected chi connectivity index (χ1v) is 6.98. The SMILES string of the molecule is Cc1ccccc1[C@H](C)NC(=O)c1ccc(OC(F)(F)F)cc1. The van der Waals surface area contributed by atoms with E-state index < -0.39 is 6.36 Å². The van der Waals surface area contributed by atoms with Crippen LogP contribution in [-0.4, -0.2) is 12.3 Å². The second kappa shape index (κ2) is 6.73. The fraction of sp³-hybridized carbons (Fsp3) is 0.235. The molecule has 1 N–H and O–H groups in total. The number of carbonyl (C=O) groups excluding carboxylic acids is 1. The van der Waals surface area contributed by atoms with E-state index in [1.165, 1.54) is 12.1 Å². The Morgan fingerprint density at radius 2 is 1.70 bits per heavy atom. The number of rotatable bonds is 4. The molecule has 0 fully saturated rings. The predicted molar refractivity (Wildman–Crippen MR) is 80.2 cm³/mol. The minimum Gasteiger partial charge on any atom is -0.406 e. The third-order valence-electron chi connectivity index (χ3n) is 3.35. The lowest BCUT2D eigenvalue weighted by Crippen LogP contribution is -2.27. The van der Waals surface area contributed by atoms with E-state index in [9.17, 15) is 18.0 Å². The van der Waals surface area contributed by atoms with Crippen LogP contribution in [0.15, 0.2) is 48.5 Å². The Labute approximate surface area is 132 Å². The van der Waals surface area contributed by atoms with Crippen LogP contribution < -0.4 is 10.1 Å². The molecule has 0 heterocycles. The van der Waals surface area contributed by atoms with Crippen LogP contribution in [0.5, 0.6) is 5.75 Å². The average molecular weight is 323 g/mol. The average Bonchev–Trinajstić information content (AvgIpc) is 2.46. The Balaban J connectivity index is 2.05. The van der Waals surface area contributed by atoms with Crippen molar-refractivity contribution in [1.82, 2.24) is 5.32 Å². The van der Waals surface area contributed by atoms with Crippen LogP contribution >= 0.6 is 0 Å². The number of ether oxygens (including phenoxy) is 1. The van der Waals surface area contributed by atoms with Gasteiger partial charge in [-0.15, -0.1) is 13.2 Å². The molecule has 1 amide bonds. The molecule has 0 aliphatic carbocycles. The van der Waals surface area contributed by atoms with E-state index in [-0.39, 0.29) is 23.3 Å². The van der Waals surface area contributed by atoms with Gasteiger partial charge in [0.15, 0.2) is 0 Å². The molecular weight excluding hydrogens is 307 g/mol. The standard InChI is InChI=1S/C17H16F3NO2/c1-11-5-3-4-6-15(11)12(2)21-16(22)13-7-9-14(10-8-13)23-17(18,19)20/h3-10,12H,1-2H3,(H,21,22)/t12-/m0/s1. The molecule has 0 unspecified atom stereocenters. The van der Waals surface area contributed by atoms with E-state index in [1.807, 2.05) is 38.1 Å². The maximum Gasteiger partial charge on any atom is 0.573 e. The third-order valence-corrected chi connectivity index (χ3v) is 3.35. The zero-order chi connectivity index (χ0) is 17.0. The van der Waals surface area contributed by atoms with Gasteiger partial charge in [0, 0.05) is 5.56 Å². The van der Waals surface area contributed by atoms with Crippen molar-refractivity contribution in [2.45, 2.75) is 26.3 Å². The van der Waals surface area contributed by atoms with Gasteiger partial charge in [0.1, 0.15) is 5.75 Å². The van der Waals surface area contributed by atoms with E-state index in [0.717, 1.165) is 23.3 Å². The van der Waals surface area contributed by atoms with Crippen LogP contribution in [0.3, 0.4) is 0 Å². The van der Waals surface area contributed by atoms with Gasteiger partial charge in [-0.3, -0.25) is 4.79 Å². The van der Waals surface area contributed by atoms with Crippen LogP contribution in [-0.2, 0) is 0 Å². The monoisotopic (exact) mass is 323 g/mol. The number of hydrogen-bond donors (Lipinski definition) is 1. The van der Waals surface area contributed by atoms with Crippen molar-refractivity contribution in [3.63, 3.8) is 0 Å². The van der Waals surface area contributed by atoms with Crippen molar-refractivity contribution in [3.05, 3.63) is 65.2 Å². The summed E-state index contributed by atoms with van der Waals surface area (Å²) in [7, 11) is 0. The quantitative estimate of drug-likeness (QED) is 0.906. The van der Waals surface area contributed by atoms with Gasteiger partial charge in [0.2, 0.25) is 0 Å². The van der Waals surface area contributed by atoms with Crippen molar-refractivity contribution in [1.29, 1.82) is 0 Å². The fourth-order valence-corrected chi connectivity index (χ4v) is 2.24. The van der Waals surface area contributed by atoms with Gasteiger partial charge in [-0.2, -0.15) is 0 Å². The molecule has 6 heteroatoms. The summed E-state index contributed by atoms with van der Waals surface area (Å²) in [6, 6.07) is 12.3. The minimum absolute atomic E-state index is 0.213. The Hall–Kier alpha value is -2.50. The summed E-state index contributed by atoms with van der Waals surface area (Å²) in [5.74, 6) is -0.722. The summed E-state index contributed by atoms with van der Waals surface area (Å²) < 4.78 is 40.1. The highest BCUT2D eigenvalue weighted by molar-refractivity contribution is 5.94.